The third-order valence-electron chi connectivity index (χ3n) is 7.08. The maximum atomic E-state index is 13.9. The van der Waals surface area contributed by atoms with Crippen LogP contribution in [-0.2, 0) is 12.0 Å². The molecule has 2 aromatic carbocycles. The standard InChI is InChI=1S/C30H30N6O2S/c1-20-19-39-27(32-20)25-11-8-14-36(25)28(37)23-15-22(16-24(17-23)35-12-6-7-13-35)26-33-34-29(38-26)30(2,31)18-21-9-4-3-5-10-21/h3-7,9-10,12-13,15-17,19,25H,8,11,14,18,31H2,1-2H3/t25-,30-/m1/s1. The first kappa shape index (κ1) is 25.2. The summed E-state index contributed by atoms with van der Waals surface area (Å²) >= 11 is 1.62. The Kier molecular flexibility index (Phi) is 6.62. The number of aryl methyl sites for hydroxylation is 1. The third kappa shape index (κ3) is 5.15. The molecule has 5 aromatic rings. The van der Waals surface area contributed by atoms with Gasteiger partial charge < -0.3 is 19.6 Å². The van der Waals surface area contributed by atoms with Crippen LogP contribution in [0.15, 0.2) is 82.9 Å². The molecule has 6 rings (SSSR count). The van der Waals surface area contributed by atoms with E-state index >= 15 is 0 Å². The number of nitrogens with zero attached hydrogens (tertiary/aromatic N) is 5. The molecule has 0 saturated carbocycles. The number of aromatic nitrogens is 4. The highest BCUT2D eigenvalue weighted by atomic mass is 32.1. The van der Waals surface area contributed by atoms with Crippen LogP contribution < -0.4 is 5.73 Å². The van der Waals surface area contributed by atoms with Crippen LogP contribution >= 0.6 is 11.3 Å². The van der Waals surface area contributed by atoms with E-state index in [1.54, 1.807) is 11.3 Å². The first-order valence-electron chi connectivity index (χ1n) is 13.1. The van der Waals surface area contributed by atoms with Crippen molar-refractivity contribution in [2.24, 2.45) is 5.73 Å². The van der Waals surface area contributed by atoms with E-state index in [0.29, 0.717) is 35.9 Å². The van der Waals surface area contributed by atoms with Crippen molar-refractivity contribution in [3.05, 3.63) is 106 Å². The van der Waals surface area contributed by atoms with Gasteiger partial charge in [0.25, 0.3) is 5.91 Å². The van der Waals surface area contributed by atoms with Crippen molar-refractivity contribution in [2.75, 3.05) is 6.54 Å². The van der Waals surface area contributed by atoms with Gasteiger partial charge in [-0.15, -0.1) is 21.5 Å². The van der Waals surface area contributed by atoms with E-state index in [9.17, 15) is 4.79 Å². The zero-order valence-electron chi connectivity index (χ0n) is 21.9. The molecule has 1 aliphatic heterocycles. The summed E-state index contributed by atoms with van der Waals surface area (Å²) in [7, 11) is 0. The molecule has 1 fully saturated rings. The predicted octanol–water partition coefficient (Wildman–Crippen LogP) is 5.69. The van der Waals surface area contributed by atoms with Crippen LogP contribution in [-0.4, -0.2) is 37.1 Å². The molecule has 0 spiro atoms. The average Bonchev–Trinajstić information content (AvgIpc) is 3.74. The van der Waals surface area contributed by atoms with Crippen molar-refractivity contribution < 1.29 is 9.21 Å². The summed E-state index contributed by atoms with van der Waals surface area (Å²) in [4.78, 5) is 20.5. The Bertz CT molecular complexity index is 1590. The van der Waals surface area contributed by atoms with Crippen molar-refractivity contribution >= 4 is 17.2 Å². The molecule has 0 aliphatic carbocycles. The number of hydrogen-bond donors (Lipinski definition) is 1. The fraction of sp³-hybridized carbons (Fsp3) is 0.267. The van der Waals surface area contributed by atoms with Gasteiger partial charge in [0, 0.05) is 46.8 Å². The van der Waals surface area contributed by atoms with Crippen molar-refractivity contribution in [2.45, 2.75) is 44.7 Å². The van der Waals surface area contributed by atoms with Gasteiger partial charge in [-0.1, -0.05) is 30.3 Å². The van der Waals surface area contributed by atoms with E-state index in [2.05, 4.69) is 15.2 Å². The predicted molar refractivity (Wildman–Crippen MR) is 151 cm³/mol. The van der Waals surface area contributed by atoms with Crippen molar-refractivity contribution in [3.63, 3.8) is 0 Å². The molecule has 0 bridgehead atoms. The molecular formula is C30H30N6O2S. The second-order valence-corrected chi connectivity index (χ2v) is 11.2. The van der Waals surface area contributed by atoms with Gasteiger partial charge in [-0.2, -0.15) is 0 Å². The molecule has 1 aliphatic rings. The number of hydrogen-bond acceptors (Lipinski definition) is 7. The summed E-state index contributed by atoms with van der Waals surface area (Å²) in [5, 5.41) is 11.7. The fourth-order valence-electron chi connectivity index (χ4n) is 5.14. The van der Waals surface area contributed by atoms with Crippen LogP contribution in [0.25, 0.3) is 17.1 Å². The summed E-state index contributed by atoms with van der Waals surface area (Å²) in [6.07, 6.45) is 6.30. The Morgan fingerprint density at radius 2 is 1.92 bits per heavy atom. The number of amides is 1. The van der Waals surface area contributed by atoms with E-state index in [-0.39, 0.29) is 11.9 Å². The second-order valence-electron chi connectivity index (χ2n) is 10.3. The van der Waals surface area contributed by atoms with E-state index in [0.717, 1.165) is 34.8 Å². The lowest BCUT2D eigenvalue weighted by Crippen LogP contribution is -2.35. The zero-order valence-corrected chi connectivity index (χ0v) is 22.8. The van der Waals surface area contributed by atoms with Crippen molar-refractivity contribution in [1.29, 1.82) is 0 Å². The van der Waals surface area contributed by atoms with Crippen LogP contribution in [0.2, 0.25) is 0 Å². The third-order valence-corrected chi connectivity index (χ3v) is 8.14. The molecular weight excluding hydrogens is 508 g/mol. The number of likely N-dealkylation sites (tertiary alicyclic amines) is 1. The monoisotopic (exact) mass is 538 g/mol. The summed E-state index contributed by atoms with van der Waals surface area (Å²) in [6.45, 7) is 4.57. The Hall–Kier alpha value is -4.08. The first-order chi connectivity index (χ1) is 18.9. The number of carbonyl (C=O) groups excluding carboxylic acids is 1. The lowest BCUT2D eigenvalue weighted by atomic mass is 9.94. The van der Waals surface area contributed by atoms with E-state index in [4.69, 9.17) is 10.2 Å². The minimum atomic E-state index is -0.849. The summed E-state index contributed by atoms with van der Waals surface area (Å²) in [6, 6.07) is 19.6. The molecule has 0 unspecified atom stereocenters. The Balaban J connectivity index is 1.35. The molecule has 9 heteroatoms. The highest BCUT2D eigenvalue weighted by molar-refractivity contribution is 7.09. The molecule has 4 heterocycles. The molecule has 1 saturated heterocycles. The van der Waals surface area contributed by atoms with Crippen molar-refractivity contribution in [1.82, 2.24) is 24.6 Å². The van der Waals surface area contributed by atoms with Crippen molar-refractivity contribution in [3.8, 4) is 17.1 Å². The van der Waals surface area contributed by atoms with E-state index in [1.807, 2.05) is 102 Å². The lowest BCUT2D eigenvalue weighted by molar-refractivity contribution is 0.0735. The molecule has 0 radical (unpaired) electrons. The van der Waals surface area contributed by atoms with Crippen LogP contribution in [0.3, 0.4) is 0 Å². The Morgan fingerprint density at radius 3 is 2.67 bits per heavy atom. The normalized spacial score (nSPS) is 16.9. The summed E-state index contributed by atoms with van der Waals surface area (Å²) in [5.41, 5.74) is 9.92. The number of benzene rings is 2. The fourth-order valence-corrected chi connectivity index (χ4v) is 6.08. The quantitative estimate of drug-likeness (QED) is 0.286. The molecule has 8 nitrogen and oxygen atoms in total. The Labute approximate surface area is 231 Å². The number of rotatable bonds is 7. The van der Waals surface area contributed by atoms with Gasteiger partial charge in [-0.05, 0) is 69.0 Å². The van der Waals surface area contributed by atoms with Crippen LogP contribution in [0.4, 0.5) is 0 Å². The van der Waals surface area contributed by atoms with Crippen LogP contribution in [0, 0.1) is 6.92 Å². The second kappa shape index (κ2) is 10.2. The molecule has 39 heavy (non-hydrogen) atoms. The Morgan fingerprint density at radius 1 is 1.13 bits per heavy atom. The molecule has 1 amide bonds. The molecule has 2 N–H and O–H groups in total. The van der Waals surface area contributed by atoms with E-state index in [1.165, 1.54) is 0 Å². The summed E-state index contributed by atoms with van der Waals surface area (Å²) < 4.78 is 8.11. The SMILES string of the molecule is Cc1csc([C@H]2CCCN2C(=O)c2cc(-c3nnc([C@](C)(N)Cc4ccccc4)o3)cc(-n3cccc3)c2)n1. The smallest absolute Gasteiger partial charge is 0.254 e. The topological polar surface area (TPSA) is 103 Å². The molecule has 2 atom stereocenters. The van der Waals surface area contributed by atoms with Gasteiger partial charge >= 0.3 is 0 Å². The van der Waals surface area contributed by atoms with Gasteiger partial charge in [0.2, 0.25) is 11.8 Å². The van der Waals surface area contributed by atoms with Gasteiger partial charge in [-0.3, -0.25) is 4.79 Å². The maximum absolute atomic E-state index is 13.9. The lowest BCUT2D eigenvalue weighted by Gasteiger charge is -2.24. The molecule has 198 valence electrons. The molecule has 3 aromatic heterocycles. The van der Waals surface area contributed by atoms with Crippen LogP contribution in [0.5, 0.6) is 0 Å². The highest BCUT2D eigenvalue weighted by Crippen LogP contribution is 2.36. The first-order valence-corrected chi connectivity index (χ1v) is 13.9. The van der Waals surface area contributed by atoms with Gasteiger partial charge in [0.1, 0.15) is 5.01 Å². The zero-order chi connectivity index (χ0) is 27.0. The largest absolute Gasteiger partial charge is 0.419 e. The summed E-state index contributed by atoms with van der Waals surface area (Å²) in [5.74, 6) is 0.638. The minimum absolute atomic E-state index is 0.0131. The number of carbonyl (C=O) groups is 1. The minimum Gasteiger partial charge on any atom is -0.419 e. The number of thiazole rings is 1. The highest BCUT2D eigenvalue weighted by Gasteiger charge is 2.33. The van der Waals surface area contributed by atoms with Gasteiger partial charge in [0.05, 0.1) is 11.6 Å². The number of nitrogens with two attached hydrogens (primary N) is 1. The van der Waals surface area contributed by atoms with E-state index < -0.39 is 5.54 Å². The average molecular weight is 539 g/mol. The van der Waals surface area contributed by atoms with Gasteiger partial charge in [-0.25, -0.2) is 4.98 Å². The van der Waals surface area contributed by atoms with Gasteiger partial charge in [0.15, 0.2) is 0 Å². The van der Waals surface area contributed by atoms with Crippen LogP contribution in [0.1, 0.15) is 58.3 Å². The maximum Gasteiger partial charge on any atom is 0.254 e.